The molecule has 5 heteroatoms. The van der Waals surface area contributed by atoms with Crippen LogP contribution in [-0.2, 0) is 12.3 Å². The minimum Gasteiger partial charge on any atom is -0.494 e. The summed E-state index contributed by atoms with van der Waals surface area (Å²) in [7, 11) is 1.64. The fourth-order valence-corrected chi connectivity index (χ4v) is 2.00. The van der Waals surface area contributed by atoms with Gasteiger partial charge in [0.15, 0.2) is 0 Å². The lowest BCUT2D eigenvalue weighted by Gasteiger charge is -2.09. The Morgan fingerprint density at radius 2 is 2.12 bits per heavy atom. The van der Waals surface area contributed by atoms with Crippen molar-refractivity contribution in [3.63, 3.8) is 0 Å². The minimum atomic E-state index is 0.373. The monoisotopic (exact) mass is 251 g/mol. The van der Waals surface area contributed by atoms with Gasteiger partial charge in [-0.1, -0.05) is 24.3 Å². The second kappa shape index (κ2) is 5.19. The molecule has 1 aromatic heterocycles. The number of benzene rings is 1. The van der Waals surface area contributed by atoms with Crippen molar-refractivity contribution in [2.75, 3.05) is 7.11 Å². The van der Waals surface area contributed by atoms with Gasteiger partial charge in [0, 0.05) is 0 Å². The van der Waals surface area contributed by atoms with Crippen LogP contribution in [0.4, 0.5) is 0 Å². The molecule has 1 aromatic carbocycles. The Kier molecular flexibility index (Phi) is 3.64. The Hall–Kier alpha value is -1.55. The zero-order valence-electron chi connectivity index (χ0n) is 9.85. The van der Waals surface area contributed by atoms with E-state index in [1.165, 1.54) is 0 Å². The van der Waals surface area contributed by atoms with Crippen LogP contribution in [-0.4, -0.2) is 22.1 Å². The quantitative estimate of drug-likeness (QED) is 0.784. The second-order valence-electron chi connectivity index (χ2n) is 3.55. The van der Waals surface area contributed by atoms with Crippen molar-refractivity contribution in [2.45, 2.75) is 19.2 Å². The molecule has 90 valence electrons. The number of ether oxygens (including phenoxy) is 1. The van der Waals surface area contributed by atoms with Crippen molar-refractivity contribution < 1.29 is 4.74 Å². The van der Waals surface area contributed by atoms with Crippen LogP contribution in [0.1, 0.15) is 18.3 Å². The van der Waals surface area contributed by atoms with Crippen molar-refractivity contribution in [1.29, 1.82) is 0 Å². The zero-order valence-corrected chi connectivity index (χ0v) is 10.6. The first-order chi connectivity index (χ1) is 8.31. The zero-order chi connectivity index (χ0) is 12.3. The molecule has 2 aromatic rings. The Morgan fingerprint density at radius 1 is 1.35 bits per heavy atom. The molecule has 4 nitrogen and oxygen atoms in total. The Balaban J connectivity index is 2.56. The summed E-state index contributed by atoms with van der Waals surface area (Å²) in [5.74, 6) is 1.14. The Labute approximate surface area is 105 Å². The highest BCUT2D eigenvalue weighted by atomic mass is 35.5. The maximum absolute atomic E-state index is 5.84. The van der Waals surface area contributed by atoms with E-state index in [0.717, 1.165) is 29.2 Å². The van der Waals surface area contributed by atoms with Crippen LogP contribution in [0.3, 0.4) is 0 Å². The summed E-state index contributed by atoms with van der Waals surface area (Å²) in [6.45, 7) is 2.06. The number of hydrogen-bond acceptors (Lipinski definition) is 3. The number of rotatable bonds is 4. The van der Waals surface area contributed by atoms with E-state index in [-0.39, 0.29) is 0 Å². The van der Waals surface area contributed by atoms with Gasteiger partial charge in [-0.05, 0) is 18.6 Å². The summed E-state index contributed by atoms with van der Waals surface area (Å²) < 4.78 is 7.11. The molecule has 0 aliphatic heterocycles. The van der Waals surface area contributed by atoms with Crippen molar-refractivity contribution in [3.8, 4) is 11.4 Å². The SMILES string of the molecule is CCc1c(CCl)nnn1-c1ccccc1OC. The number of alkyl halides is 1. The first kappa shape index (κ1) is 11.9. The standard InChI is InChI=1S/C12H14ClN3O/c1-3-10-9(8-13)14-15-16(10)11-6-4-5-7-12(11)17-2/h4-7H,3,8H2,1-2H3. The van der Waals surface area contributed by atoms with E-state index in [0.29, 0.717) is 5.88 Å². The molecule has 0 atom stereocenters. The van der Waals surface area contributed by atoms with Gasteiger partial charge in [-0.2, -0.15) is 0 Å². The fraction of sp³-hybridized carbons (Fsp3) is 0.333. The third-order valence-electron chi connectivity index (χ3n) is 2.62. The Bertz CT molecular complexity index is 510. The first-order valence-electron chi connectivity index (χ1n) is 5.44. The van der Waals surface area contributed by atoms with Gasteiger partial charge in [-0.3, -0.25) is 0 Å². The normalized spacial score (nSPS) is 10.5. The molecule has 1 heterocycles. The summed E-state index contributed by atoms with van der Waals surface area (Å²) in [6, 6.07) is 7.72. The smallest absolute Gasteiger partial charge is 0.144 e. The van der Waals surface area contributed by atoms with Crippen LogP contribution in [0.15, 0.2) is 24.3 Å². The first-order valence-corrected chi connectivity index (χ1v) is 5.98. The number of hydrogen-bond donors (Lipinski definition) is 0. The van der Waals surface area contributed by atoms with Crippen LogP contribution in [0.5, 0.6) is 5.75 Å². The van der Waals surface area contributed by atoms with Gasteiger partial charge in [-0.25, -0.2) is 4.68 Å². The molecule has 17 heavy (non-hydrogen) atoms. The third kappa shape index (κ3) is 2.13. The molecule has 0 spiro atoms. The molecular weight excluding hydrogens is 238 g/mol. The molecule has 2 rings (SSSR count). The lowest BCUT2D eigenvalue weighted by Crippen LogP contribution is -2.04. The van der Waals surface area contributed by atoms with Gasteiger partial charge in [0.05, 0.1) is 18.7 Å². The van der Waals surface area contributed by atoms with Gasteiger partial charge < -0.3 is 4.74 Å². The molecule has 0 bridgehead atoms. The van der Waals surface area contributed by atoms with Crippen LogP contribution >= 0.6 is 11.6 Å². The number of nitrogens with zero attached hydrogens (tertiary/aromatic N) is 3. The van der Waals surface area contributed by atoms with Crippen molar-refractivity contribution in [1.82, 2.24) is 15.0 Å². The van der Waals surface area contributed by atoms with Crippen molar-refractivity contribution in [2.24, 2.45) is 0 Å². The fourth-order valence-electron chi connectivity index (χ4n) is 1.79. The molecule has 0 saturated carbocycles. The number of aromatic nitrogens is 3. The molecular formula is C12H14ClN3O. The average molecular weight is 252 g/mol. The summed E-state index contributed by atoms with van der Waals surface area (Å²) in [4.78, 5) is 0. The summed E-state index contributed by atoms with van der Waals surface area (Å²) in [6.07, 6.45) is 0.826. The topological polar surface area (TPSA) is 39.9 Å². The predicted octanol–water partition coefficient (Wildman–Crippen LogP) is 2.58. The highest BCUT2D eigenvalue weighted by Crippen LogP contribution is 2.24. The van der Waals surface area contributed by atoms with E-state index in [1.54, 1.807) is 11.8 Å². The molecule has 0 unspecified atom stereocenters. The van der Waals surface area contributed by atoms with E-state index in [4.69, 9.17) is 16.3 Å². The number of halogens is 1. The maximum Gasteiger partial charge on any atom is 0.144 e. The molecule has 0 fully saturated rings. The molecule has 0 saturated heterocycles. The Morgan fingerprint density at radius 3 is 2.76 bits per heavy atom. The van der Waals surface area contributed by atoms with Gasteiger partial charge in [0.1, 0.15) is 17.1 Å². The summed E-state index contributed by atoms with van der Waals surface area (Å²) in [5, 5.41) is 8.22. The van der Waals surface area contributed by atoms with Crippen LogP contribution in [0, 0.1) is 0 Å². The highest BCUT2D eigenvalue weighted by molar-refractivity contribution is 6.16. The molecule has 0 radical (unpaired) electrons. The number of methoxy groups -OCH3 is 1. The van der Waals surface area contributed by atoms with Gasteiger partial charge >= 0.3 is 0 Å². The van der Waals surface area contributed by atoms with Crippen molar-refractivity contribution >= 4 is 11.6 Å². The average Bonchev–Trinajstić information content (AvgIpc) is 2.81. The molecule has 0 aliphatic rings. The summed E-state index contributed by atoms with van der Waals surface area (Å²) in [5.41, 5.74) is 2.72. The van der Waals surface area contributed by atoms with Gasteiger partial charge in [-0.15, -0.1) is 16.7 Å². The van der Waals surface area contributed by atoms with E-state index >= 15 is 0 Å². The van der Waals surface area contributed by atoms with Gasteiger partial charge in [0.25, 0.3) is 0 Å². The largest absolute Gasteiger partial charge is 0.494 e. The van der Waals surface area contributed by atoms with Crippen LogP contribution in [0.2, 0.25) is 0 Å². The second-order valence-corrected chi connectivity index (χ2v) is 3.82. The third-order valence-corrected chi connectivity index (χ3v) is 2.87. The highest BCUT2D eigenvalue weighted by Gasteiger charge is 2.14. The number of para-hydroxylation sites is 2. The molecule has 0 amide bonds. The maximum atomic E-state index is 5.84. The van der Waals surface area contributed by atoms with Crippen molar-refractivity contribution in [3.05, 3.63) is 35.7 Å². The van der Waals surface area contributed by atoms with E-state index in [2.05, 4.69) is 17.2 Å². The molecule has 0 aliphatic carbocycles. The van der Waals surface area contributed by atoms with E-state index < -0.39 is 0 Å². The minimum absolute atomic E-state index is 0.373. The lowest BCUT2D eigenvalue weighted by atomic mass is 10.2. The van der Waals surface area contributed by atoms with Gasteiger partial charge in [0.2, 0.25) is 0 Å². The van der Waals surface area contributed by atoms with Crippen LogP contribution in [0.25, 0.3) is 5.69 Å². The van der Waals surface area contributed by atoms with Crippen LogP contribution < -0.4 is 4.74 Å². The molecule has 0 N–H and O–H groups in total. The summed E-state index contributed by atoms with van der Waals surface area (Å²) >= 11 is 5.84. The predicted molar refractivity (Wildman–Crippen MR) is 66.8 cm³/mol. The van der Waals surface area contributed by atoms with E-state index in [9.17, 15) is 0 Å². The lowest BCUT2D eigenvalue weighted by molar-refractivity contribution is 0.411. The van der Waals surface area contributed by atoms with E-state index in [1.807, 2.05) is 24.3 Å².